The number of nitrogens with one attached hydrogen (secondary N) is 2. The summed E-state index contributed by atoms with van der Waals surface area (Å²) in [5.41, 5.74) is 0.791. The molecule has 1 saturated carbocycles. The van der Waals surface area contributed by atoms with Gasteiger partial charge in [-0.1, -0.05) is 11.6 Å². The zero-order valence-electron chi connectivity index (χ0n) is 15.3. The van der Waals surface area contributed by atoms with Gasteiger partial charge in [-0.05, 0) is 57.0 Å². The maximum atomic E-state index is 12.9. The number of hydrogen-bond donors (Lipinski definition) is 4. The second kappa shape index (κ2) is 8.28. The van der Waals surface area contributed by atoms with Crippen LogP contribution in [-0.4, -0.2) is 77.6 Å². The van der Waals surface area contributed by atoms with Crippen molar-refractivity contribution in [2.24, 2.45) is 5.92 Å². The molecular formula is C18H25ClN4O3S. The maximum absolute atomic E-state index is 12.9. The predicted molar refractivity (Wildman–Crippen MR) is 109 cm³/mol. The number of amides is 1. The van der Waals surface area contributed by atoms with Crippen LogP contribution in [0, 0.1) is 5.92 Å². The number of thiocarbonyl (C=S) groups is 1. The van der Waals surface area contributed by atoms with Crippen LogP contribution in [0.5, 0.6) is 0 Å². The lowest BCUT2D eigenvalue weighted by atomic mass is 9.77. The molecule has 1 amide bonds. The van der Waals surface area contributed by atoms with Gasteiger partial charge in [0.25, 0.3) is 0 Å². The van der Waals surface area contributed by atoms with E-state index < -0.39 is 30.2 Å². The Morgan fingerprint density at radius 1 is 1.37 bits per heavy atom. The minimum Gasteiger partial charge on any atom is -0.390 e. The minimum absolute atomic E-state index is 0.150. The number of aliphatic hydroxyl groups excluding tert-OH is 2. The molecule has 0 spiro atoms. The van der Waals surface area contributed by atoms with Crippen molar-refractivity contribution in [3.8, 4) is 0 Å². The van der Waals surface area contributed by atoms with Crippen LogP contribution >= 0.6 is 23.8 Å². The molecule has 0 unspecified atom stereocenters. The number of nitrogens with zero attached hydrogens (tertiary/aromatic N) is 2. The highest BCUT2D eigenvalue weighted by Gasteiger charge is 2.53. The maximum Gasteiger partial charge on any atom is 0.225 e. The van der Waals surface area contributed by atoms with Crippen LogP contribution in [0.1, 0.15) is 6.42 Å². The van der Waals surface area contributed by atoms with Gasteiger partial charge in [-0.25, -0.2) is 0 Å². The van der Waals surface area contributed by atoms with Gasteiger partial charge in [0.2, 0.25) is 5.91 Å². The van der Waals surface area contributed by atoms with Crippen LogP contribution in [0.3, 0.4) is 0 Å². The van der Waals surface area contributed by atoms with Gasteiger partial charge in [0.15, 0.2) is 5.11 Å². The predicted octanol–water partition coefficient (Wildman–Crippen LogP) is 0.191. The molecule has 1 aliphatic carbocycles. The first-order chi connectivity index (χ1) is 12.8. The highest BCUT2D eigenvalue weighted by atomic mass is 35.5. The van der Waals surface area contributed by atoms with Crippen molar-refractivity contribution in [3.63, 3.8) is 0 Å². The summed E-state index contributed by atoms with van der Waals surface area (Å²) in [6, 6.07) is 6.26. The number of hydrogen-bond acceptors (Lipinski definition) is 5. The average Bonchev–Trinajstić information content (AvgIpc) is 2.96. The normalized spacial score (nSPS) is 30.2. The summed E-state index contributed by atoms with van der Waals surface area (Å²) >= 11 is 11.5. The molecule has 3 rings (SSSR count). The van der Waals surface area contributed by atoms with Crippen LogP contribution in [0.2, 0.25) is 5.02 Å². The first-order valence-electron chi connectivity index (χ1n) is 8.93. The smallest absolute Gasteiger partial charge is 0.225 e. The highest BCUT2D eigenvalue weighted by molar-refractivity contribution is 7.80. The molecule has 148 valence electrons. The Morgan fingerprint density at radius 2 is 2.04 bits per heavy atom. The molecule has 4 N–H and O–H groups in total. The van der Waals surface area contributed by atoms with Gasteiger partial charge in [0.05, 0.1) is 24.1 Å². The Bertz CT molecular complexity index is 702. The number of benzene rings is 1. The van der Waals surface area contributed by atoms with E-state index in [1.54, 1.807) is 12.1 Å². The van der Waals surface area contributed by atoms with Gasteiger partial charge in [0.1, 0.15) is 6.10 Å². The molecule has 7 nitrogen and oxygen atoms in total. The Kier molecular flexibility index (Phi) is 6.22. The first-order valence-corrected chi connectivity index (χ1v) is 9.72. The second-order valence-corrected chi connectivity index (χ2v) is 8.13. The topological polar surface area (TPSA) is 88.1 Å². The molecule has 2 aliphatic rings. The molecule has 1 saturated heterocycles. The summed E-state index contributed by atoms with van der Waals surface area (Å²) in [7, 11) is 3.87. The Hall–Kier alpha value is -1.45. The molecule has 5 atom stereocenters. The third kappa shape index (κ3) is 4.20. The van der Waals surface area contributed by atoms with Gasteiger partial charge in [-0.2, -0.15) is 0 Å². The van der Waals surface area contributed by atoms with Gasteiger partial charge >= 0.3 is 0 Å². The van der Waals surface area contributed by atoms with Gasteiger partial charge in [-0.15, -0.1) is 0 Å². The molecule has 0 aromatic heterocycles. The zero-order valence-corrected chi connectivity index (χ0v) is 16.9. The third-order valence-electron chi connectivity index (χ3n) is 5.14. The van der Waals surface area contributed by atoms with E-state index in [1.165, 1.54) is 0 Å². The third-order valence-corrected chi connectivity index (χ3v) is 5.71. The van der Waals surface area contributed by atoms with E-state index in [9.17, 15) is 15.0 Å². The Labute approximate surface area is 169 Å². The van der Waals surface area contributed by atoms with Gasteiger partial charge in [-0.3, -0.25) is 4.79 Å². The van der Waals surface area contributed by atoms with E-state index in [4.69, 9.17) is 23.8 Å². The summed E-state index contributed by atoms with van der Waals surface area (Å²) in [5.74, 6) is -0.664. The van der Waals surface area contributed by atoms with Crippen molar-refractivity contribution in [3.05, 3.63) is 29.3 Å². The quantitative estimate of drug-likeness (QED) is 0.513. The monoisotopic (exact) mass is 412 g/mol. The molecule has 1 aliphatic heterocycles. The van der Waals surface area contributed by atoms with Crippen LogP contribution in [0.4, 0.5) is 5.69 Å². The van der Waals surface area contributed by atoms with Crippen LogP contribution in [0.25, 0.3) is 0 Å². The van der Waals surface area contributed by atoms with Crippen molar-refractivity contribution in [2.75, 3.05) is 32.1 Å². The Balaban J connectivity index is 1.87. The molecule has 1 aromatic carbocycles. The standard InChI is InChI=1S/C18H25ClN4O3S/c1-22(2)8-7-20-17(26)12-9-13(24)16(25)14-15(12)23(18(27)21-14)11-5-3-10(19)4-6-11/h3-6,12-16,24-25H,7-9H2,1-2H3,(H,20,26)(H,21,27)/t12-,13-,14-,15-,16+/m1/s1. The number of anilines is 1. The van der Waals surface area contributed by atoms with E-state index in [0.29, 0.717) is 16.7 Å². The van der Waals surface area contributed by atoms with Crippen molar-refractivity contribution in [1.82, 2.24) is 15.5 Å². The number of carbonyl (C=O) groups excluding carboxylic acids is 1. The summed E-state index contributed by atoms with van der Waals surface area (Å²) in [4.78, 5) is 16.7. The second-order valence-electron chi connectivity index (χ2n) is 7.31. The van der Waals surface area contributed by atoms with E-state index in [-0.39, 0.29) is 12.3 Å². The molecule has 0 radical (unpaired) electrons. The van der Waals surface area contributed by atoms with Crippen molar-refractivity contribution >= 4 is 40.5 Å². The molecule has 1 heterocycles. The largest absolute Gasteiger partial charge is 0.390 e. The molecule has 1 aromatic rings. The highest BCUT2D eigenvalue weighted by Crippen LogP contribution is 2.37. The lowest BCUT2D eigenvalue weighted by Crippen LogP contribution is -2.61. The molecule has 9 heteroatoms. The van der Waals surface area contributed by atoms with Crippen molar-refractivity contribution < 1.29 is 15.0 Å². The first kappa shape index (κ1) is 20.3. The van der Waals surface area contributed by atoms with Gasteiger partial charge in [0, 0.05) is 23.8 Å². The summed E-state index contributed by atoms with van der Waals surface area (Å²) in [5, 5.41) is 27.8. The lowest BCUT2D eigenvalue weighted by Gasteiger charge is -2.41. The summed E-state index contributed by atoms with van der Waals surface area (Å²) in [6.07, 6.45) is -1.82. The number of fused-ring (bicyclic) bond motifs is 1. The van der Waals surface area contributed by atoms with Crippen LogP contribution in [0.15, 0.2) is 24.3 Å². The lowest BCUT2D eigenvalue weighted by molar-refractivity contribution is -0.131. The summed E-state index contributed by atoms with van der Waals surface area (Å²) in [6.45, 7) is 1.23. The summed E-state index contributed by atoms with van der Waals surface area (Å²) < 4.78 is 0. The van der Waals surface area contributed by atoms with Crippen LogP contribution in [-0.2, 0) is 4.79 Å². The fraction of sp³-hybridized carbons (Fsp3) is 0.556. The average molecular weight is 413 g/mol. The number of halogens is 1. The Morgan fingerprint density at radius 3 is 2.67 bits per heavy atom. The van der Waals surface area contributed by atoms with Gasteiger partial charge < -0.3 is 30.6 Å². The van der Waals surface area contributed by atoms with Crippen molar-refractivity contribution in [2.45, 2.75) is 30.7 Å². The fourth-order valence-electron chi connectivity index (χ4n) is 3.78. The van der Waals surface area contributed by atoms with E-state index in [2.05, 4.69) is 10.6 Å². The SMILES string of the molecule is CN(C)CCNC(=O)[C@@H]1C[C@@H](O)[C@H](O)[C@@H]2NC(=S)N(c3ccc(Cl)cc3)[C@@H]21. The van der Waals surface area contributed by atoms with Crippen molar-refractivity contribution in [1.29, 1.82) is 0 Å². The minimum atomic E-state index is -1.00. The van der Waals surface area contributed by atoms with E-state index >= 15 is 0 Å². The number of rotatable bonds is 5. The zero-order chi connectivity index (χ0) is 19.7. The fourth-order valence-corrected chi connectivity index (χ4v) is 4.27. The van der Waals surface area contributed by atoms with Crippen LogP contribution < -0.4 is 15.5 Å². The number of aliphatic hydroxyl groups is 2. The van der Waals surface area contributed by atoms with E-state index in [0.717, 1.165) is 12.2 Å². The molecule has 0 bridgehead atoms. The number of likely N-dealkylation sites (N-methyl/N-ethyl adjacent to an activating group) is 1. The molecule has 2 fully saturated rings. The molecule has 27 heavy (non-hydrogen) atoms. The van der Waals surface area contributed by atoms with E-state index in [1.807, 2.05) is 36.0 Å². The molecular weight excluding hydrogens is 388 g/mol. The number of carbonyl (C=O) groups is 1.